The first-order chi connectivity index (χ1) is 12.7. The lowest BCUT2D eigenvalue weighted by molar-refractivity contribution is -0.118. The SMILES string of the molecule is O=C1COc2cc(C(=O)N3CCCO[C@H](Cn4cccn4)C3)ccc2N1. The molecule has 1 saturated heterocycles. The maximum atomic E-state index is 13.0. The number of carbonyl (C=O) groups excluding carboxylic acids is 2. The monoisotopic (exact) mass is 356 g/mol. The molecule has 1 fully saturated rings. The standard InChI is InChI=1S/C18H20N4O4/c23-17-12-26-16-9-13(3-4-15(16)20-17)18(24)21-6-2-8-25-14(10-21)11-22-7-1-5-19-22/h1,3-5,7,9,14H,2,6,8,10-12H2,(H,20,23)/t14-/m0/s1. The van der Waals surface area contributed by atoms with Crippen molar-refractivity contribution in [2.75, 3.05) is 31.6 Å². The maximum absolute atomic E-state index is 13.0. The third-order valence-electron chi connectivity index (χ3n) is 4.45. The smallest absolute Gasteiger partial charge is 0.262 e. The number of carbonyl (C=O) groups is 2. The van der Waals surface area contributed by atoms with Crippen LogP contribution in [-0.2, 0) is 16.1 Å². The van der Waals surface area contributed by atoms with Gasteiger partial charge < -0.3 is 19.7 Å². The Bertz CT molecular complexity index is 806. The molecular formula is C18H20N4O4. The van der Waals surface area contributed by atoms with Crippen LogP contribution in [0, 0.1) is 0 Å². The van der Waals surface area contributed by atoms with Gasteiger partial charge in [0.05, 0.1) is 18.3 Å². The van der Waals surface area contributed by atoms with E-state index in [1.54, 1.807) is 24.4 Å². The molecule has 0 aliphatic carbocycles. The molecule has 2 amide bonds. The molecule has 8 heteroatoms. The Kier molecular flexibility index (Phi) is 4.57. The van der Waals surface area contributed by atoms with Crippen molar-refractivity contribution in [1.29, 1.82) is 0 Å². The molecular weight excluding hydrogens is 336 g/mol. The molecule has 8 nitrogen and oxygen atoms in total. The molecule has 3 heterocycles. The van der Waals surface area contributed by atoms with Gasteiger partial charge in [-0.1, -0.05) is 0 Å². The Morgan fingerprint density at radius 2 is 2.31 bits per heavy atom. The van der Waals surface area contributed by atoms with Gasteiger partial charge in [-0.15, -0.1) is 0 Å². The lowest BCUT2D eigenvalue weighted by Crippen LogP contribution is -2.38. The number of nitrogens with zero attached hydrogens (tertiary/aromatic N) is 3. The van der Waals surface area contributed by atoms with Crippen molar-refractivity contribution in [2.45, 2.75) is 19.1 Å². The van der Waals surface area contributed by atoms with E-state index in [2.05, 4.69) is 10.4 Å². The molecule has 4 rings (SSSR count). The number of hydrogen-bond acceptors (Lipinski definition) is 5. The quantitative estimate of drug-likeness (QED) is 0.892. The third-order valence-corrected chi connectivity index (χ3v) is 4.45. The Morgan fingerprint density at radius 3 is 3.15 bits per heavy atom. The van der Waals surface area contributed by atoms with Gasteiger partial charge in [0.15, 0.2) is 6.61 Å². The summed E-state index contributed by atoms with van der Waals surface area (Å²) in [6.45, 7) is 2.34. The van der Waals surface area contributed by atoms with Gasteiger partial charge in [-0.05, 0) is 30.7 Å². The highest BCUT2D eigenvalue weighted by Gasteiger charge is 2.25. The topological polar surface area (TPSA) is 85.7 Å². The minimum Gasteiger partial charge on any atom is -0.482 e. The molecule has 26 heavy (non-hydrogen) atoms. The maximum Gasteiger partial charge on any atom is 0.262 e. The molecule has 1 atom stereocenters. The Hall–Kier alpha value is -2.87. The summed E-state index contributed by atoms with van der Waals surface area (Å²) in [6.07, 6.45) is 4.30. The van der Waals surface area contributed by atoms with Gasteiger partial charge >= 0.3 is 0 Å². The average Bonchev–Trinajstić information content (AvgIpc) is 3.04. The molecule has 0 spiro atoms. The molecule has 1 N–H and O–H groups in total. The molecule has 0 unspecified atom stereocenters. The Morgan fingerprint density at radius 1 is 1.38 bits per heavy atom. The molecule has 2 aliphatic rings. The van der Waals surface area contributed by atoms with E-state index >= 15 is 0 Å². The van der Waals surface area contributed by atoms with Crippen LogP contribution < -0.4 is 10.1 Å². The normalized spacial score (nSPS) is 19.9. The molecule has 0 saturated carbocycles. The molecule has 136 valence electrons. The van der Waals surface area contributed by atoms with Crippen molar-refractivity contribution >= 4 is 17.5 Å². The van der Waals surface area contributed by atoms with Crippen LogP contribution in [0.2, 0.25) is 0 Å². The first kappa shape index (κ1) is 16.6. The predicted octanol–water partition coefficient (Wildman–Crippen LogP) is 1.15. The number of hydrogen-bond donors (Lipinski definition) is 1. The number of amides is 2. The van der Waals surface area contributed by atoms with E-state index in [-0.39, 0.29) is 24.5 Å². The summed E-state index contributed by atoms with van der Waals surface area (Å²) in [5.41, 5.74) is 1.13. The van der Waals surface area contributed by atoms with Gasteiger partial charge in [-0.3, -0.25) is 14.3 Å². The van der Waals surface area contributed by atoms with E-state index in [0.717, 1.165) is 6.42 Å². The fourth-order valence-electron chi connectivity index (χ4n) is 3.20. The van der Waals surface area contributed by atoms with Crippen LogP contribution in [0.3, 0.4) is 0 Å². The van der Waals surface area contributed by atoms with Gasteiger partial charge in [-0.2, -0.15) is 5.10 Å². The van der Waals surface area contributed by atoms with Crippen molar-refractivity contribution in [3.63, 3.8) is 0 Å². The predicted molar refractivity (Wildman–Crippen MR) is 93.1 cm³/mol. The number of aromatic nitrogens is 2. The molecule has 0 radical (unpaired) electrons. The highest BCUT2D eigenvalue weighted by atomic mass is 16.5. The van der Waals surface area contributed by atoms with E-state index in [1.807, 2.05) is 21.8 Å². The molecule has 2 aromatic rings. The number of benzene rings is 1. The zero-order chi connectivity index (χ0) is 17.9. The van der Waals surface area contributed by atoms with E-state index < -0.39 is 0 Å². The first-order valence-electron chi connectivity index (χ1n) is 8.64. The van der Waals surface area contributed by atoms with Crippen molar-refractivity contribution in [3.05, 3.63) is 42.2 Å². The highest BCUT2D eigenvalue weighted by molar-refractivity contribution is 5.99. The van der Waals surface area contributed by atoms with Crippen LogP contribution in [-0.4, -0.2) is 58.9 Å². The van der Waals surface area contributed by atoms with E-state index in [9.17, 15) is 9.59 Å². The number of fused-ring (bicyclic) bond motifs is 1. The van der Waals surface area contributed by atoms with Gasteiger partial charge in [0.2, 0.25) is 0 Å². The van der Waals surface area contributed by atoms with Crippen molar-refractivity contribution < 1.29 is 19.1 Å². The zero-order valence-corrected chi connectivity index (χ0v) is 14.3. The van der Waals surface area contributed by atoms with Crippen molar-refractivity contribution in [2.24, 2.45) is 0 Å². The zero-order valence-electron chi connectivity index (χ0n) is 14.3. The molecule has 2 aliphatic heterocycles. The summed E-state index contributed by atoms with van der Waals surface area (Å²) < 4.78 is 13.1. The highest BCUT2D eigenvalue weighted by Crippen LogP contribution is 2.29. The summed E-state index contributed by atoms with van der Waals surface area (Å²) in [4.78, 5) is 26.1. The van der Waals surface area contributed by atoms with E-state index in [4.69, 9.17) is 9.47 Å². The molecule has 1 aromatic carbocycles. The minimum absolute atomic E-state index is 0.0336. The molecule has 1 aromatic heterocycles. The number of rotatable bonds is 3. The van der Waals surface area contributed by atoms with Crippen LogP contribution in [0.5, 0.6) is 5.75 Å². The van der Waals surface area contributed by atoms with Crippen LogP contribution >= 0.6 is 0 Å². The summed E-state index contributed by atoms with van der Waals surface area (Å²) >= 11 is 0. The fourth-order valence-corrected chi connectivity index (χ4v) is 3.20. The van der Waals surface area contributed by atoms with Crippen molar-refractivity contribution in [3.8, 4) is 5.75 Å². The van der Waals surface area contributed by atoms with Gasteiger partial charge in [0.1, 0.15) is 5.75 Å². The van der Waals surface area contributed by atoms with Crippen LogP contribution in [0.1, 0.15) is 16.8 Å². The molecule has 0 bridgehead atoms. The number of nitrogens with one attached hydrogen (secondary N) is 1. The second kappa shape index (κ2) is 7.17. The summed E-state index contributed by atoms with van der Waals surface area (Å²) in [5, 5.41) is 6.93. The van der Waals surface area contributed by atoms with Crippen LogP contribution in [0.25, 0.3) is 0 Å². The summed E-state index contributed by atoms with van der Waals surface area (Å²) in [7, 11) is 0. The second-order valence-corrected chi connectivity index (χ2v) is 6.37. The van der Waals surface area contributed by atoms with E-state index in [1.165, 1.54) is 0 Å². The van der Waals surface area contributed by atoms with Gasteiger partial charge in [-0.25, -0.2) is 0 Å². The lowest BCUT2D eigenvalue weighted by atomic mass is 10.1. The van der Waals surface area contributed by atoms with E-state index in [0.29, 0.717) is 43.2 Å². The fraction of sp³-hybridized carbons (Fsp3) is 0.389. The lowest BCUT2D eigenvalue weighted by Gasteiger charge is -2.25. The Balaban J connectivity index is 1.48. The third kappa shape index (κ3) is 3.55. The average molecular weight is 356 g/mol. The van der Waals surface area contributed by atoms with Crippen molar-refractivity contribution in [1.82, 2.24) is 14.7 Å². The number of anilines is 1. The van der Waals surface area contributed by atoms with Gasteiger partial charge in [0.25, 0.3) is 11.8 Å². The van der Waals surface area contributed by atoms with Crippen LogP contribution in [0.4, 0.5) is 5.69 Å². The Labute approximate surface area is 150 Å². The van der Waals surface area contributed by atoms with Crippen LogP contribution in [0.15, 0.2) is 36.7 Å². The largest absolute Gasteiger partial charge is 0.482 e. The van der Waals surface area contributed by atoms with Gasteiger partial charge in [0, 0.05) is 37.7 Å². The second-order valence-electron chi connectivity index (χ2n) is 6.37. The summed E-state index contributed by atoms with van der Waals surface area (Å²) in [6, 6.07) is 6.97. The summed E-state index contributed by atoms with van der Waals surface area (Å²) in [5.74, 6) is 0.265. The number of ether oxygens (including phenoxy) is 2. The first-order valence-corrected chi connectivity index (χ1v) is 8.64. The minimum atomic E-state index is -0.192.